The third-order valence-corrected chi connectivity index (χ3v) is 3.38. The second kappa shape index (κ2) is 6.01. The number of hydrogen-bond acceptors (Lipinski definition) is 4. The van der Waals surface area contributed by atoms with E-state index in [0.717, 1.165) is 6.42 Å². The third-order valence-electron chi connectivity index (χ3n) is 3.38. The van der Waals surface area contributed by atoms with Crippen LogP contribution in [-0.2, 0) is 14.2 Å². The number of hydrogen-bond donors (Lipinski definition) is 1. The van der Waals surface area contributed by atoms with E-state index >= 15 is 0 Å². The van der Waals surface area contributed by atoms with Crippen LogP contribution in [0.4, 0.5) is 0 Å². The highest BCUT2D eigenvalue weighted by Gasteiger charge is 2.42. The van der Waals surface area contributed by atoms with Crippen molar-refractivity contribution in [3.8, 4) is 0 Å². The fraction of sp³-hybridized carbons (Fsp3) is 1.00. The van der Waals surface area contributed by atoms with Crippen LogP contribution in [0.1, 0.15) is 27.2 Å². The molecule has 0 saturated carbocycles. The molecule has 16 heavy (non-hydrogen) atoms. The lowest BCUT2D eigenvalue weighted by Gasteiger charge is -2.26. The van der Waals surface area contributed by atoms with E-state index in [1.54, 1.807) is 7.11 Å². The maximum atomic E-state index is 10.0. The first-order chi connectivity index (χ1) is 7.51. The van der Waals surface area contributed by atoms with Crippen LogP contribution in [0.15, 0.2) is 0 Å². The van der Waals surface area contributed by atoms with Gasteiger partial charge in [0, 0.05) is 7.11 Å². The highest BCUT2D eigenvalue weighted by Crippen LogP contribution is 2.25. The van der Waals surface area contributed by atoms with E-state index in [4.69, 9.17) is 14.2 Å². The molecule has 1 heterocycles. The third kappa shape index (κ3) is 2.97. The number of aliphatic hydroxyl groups is 1. The number of aliphatic hydroxyl groups excluding tert-OH is 1. The van der Waals surface area contributed by atoms with Crippen molar-refractivity contribution in [1.29, 1.82) is 0 Å². The van der Waals surface area contributed by atoms with Gasteiger partial charge in [0.2, 0.25) is 0 Å². The SMILES string of the molecule is B[C@@H]1O[C@H](CC)C(O)[C@@H]1O[C@H](C)[C@@H](C)OC. The van der Waals surface area contributed by atoms with Crippen LogP contribution in [0.3, 0.4) is 0 Å². The Kier molecular flexibility index (Phi) is 5.24. The number of ether oxygens (including phenoxy) is 3. The molecule has 1 aliphatic rings. The number of methoxy groups -OCH3 is 1. The van der Waals surface area contributed by atoms with Crippen molar-refractivity contribution in [2.75, 3.05) is 7.11 Å². The van der Waals surface area contributed by atoms with Gasteiger partial charge in [-0.1, -0.05) is 6.92 Å². The fourth-order valence-corrected chi connectivity index (χ4v) is 2.00. The van der Waals surface area contributed by atoms with Crippen molar-refractivity contribution in [2.24, 2.45) is 0 Å². The highest BCUT2D eigenvalue weighted by atomic mass is 16.6. The lowest BCUT2D eigenvalue weighted by molar-refractivity contribution is -0.104. The molecule has 1 unspecified atom stereocenters. The zero-order valence-electron chi connectivity index (χ0n) is 10.8. The maximum Gasteiger partial charge on any atom is 0.142 e. The Morgan fingerprint density at radius 3 is 2.44 bits per heavy atom. The van der Waals surface area contributed by atoms with Crippen LogP contribution in [0.2, 0.25) is 0 Å². The first kappa shape index (κ1) is 14.0. The standard InChI is InChI=1S/C11H23BO4/c1-5-8-9(13)10(11(12)16-8)15-7(3)6(2)14-4/h6-11,13H,5,12H2,1-4H3/t6-,7-,8-,9?,10+,11-/m1/s1. The monoisotopic (exact) mass is 230 g/mol. The first-order valence-electron chi connectivity index (χ1n) is 6.03. The predicted octanol–water partition coefficient (Wildman–Crippen LogP) is -0.0761. The van der Waals surface area contributed by atoms with Crippen molar-refractivity contribution in [2.45, 2.75) is 63.7 Å². The summed E-state index contributed by atoms with van der Waals surface area (Å²) in [5.74, 6) is 0. The minimum Gasteiger partial charge on any atom is -0.388 e. The predicted molar refractivity (Wildman–Crippen MR) is 64.3 cm³/mol. The minimum absolute atomic E-state index is 0.0140. The Hall–Kier alpha value is -0.0951. The van der Waals surface area contributed by atoms with Gasteiger partial charge in [0.15, 0.2) is 0 Å². The van der Waals surface area contributed by atoms with Gasteiger partial charge in [0.1, 0.15) is 20.1 Å². The van der Waals surface area contributed by atoms with E-state index in [2.05, 4.69) is 0 Å². The normalized spacial score (nSPS) is 38.6. The molecule has 0 radical (unpaired) electrons. The van der Waals surface area contributed by atoms with Gasteiger partial charge in [-0.15, -0.1) is 0 Å². The van der Waals surface area contributed by atoms with Crippen LogP contribution in [0.5, 0.6) is 0 Å². The van der Waals surface area contributed by atoms with Gasteiger partial charge in [-0.05, 0) is 20.3 Å². The molecule has 4 nitrogen and oxygen atoms in total. The topological polar surface area (TPSA) is 47.9 Å². The Balaban J connectivity index is 2.53. The van der Waals surface area contributed by atoms with E-state index in [1.165, 1.54) is 0 Å². The average Bonchev–Trinajstić information content (AvgIpc) is 2.55. The Labute approximate surface area is 98.7 Å². The lowest BCUT2D eigenvalue weighted by Crippen LogP contribution is -2.40. The van der Waals surface area contributed by atoms with E-state index < -0.39 is 6.10 Å². The van der Waals surface area contributed by atoms with Crippen LogP contribution in [-0.4, -0.2) is 56.6 Å². The van der Waals surface area contributed by atoms with Gasteiger partial charge < -0.3 is 19.3 Å². The van der Waals surface area contributed by atoms with Gasteiger partial charge in [0.25, 0.3) is 0 Å². The quantitative estimate of drug-likeness (QED) is 0.671. The Morgan fingerprint density at radius 1 is 1.38 bits per heavy atom. The van der Waals surface area contributed by atoms with Crippen LogP contribution >= 0.6 is 0 Å². The molecular formula is C11H23BO4. The molecule has 0 bridgehead atoms. The summed E-state index contributed by atoms with van der Waals surface area (Å²) >= 11 is 0. The largest absolute Gasteiger partial charge is 0.388 e. The summed E-state index contributed by atoms with van der Waals surface area (Å²) in [4.78, 5) is 0. The van der Waals surface area contributed by atoms with E-state index in [9.17, 15) is 5.11 Å². The van der Waals surface area contributed by atoms with Crippen LogP contribution < -0.4 is 0 Å². The molecule has 1 N–H and O–H groups in total. The summed E-state index contributed by atoms with van der Waals surface area (Å²) in [5.41, 5.74) is 0. The molecule has 0 aliphatic carbocycles. The van der Waals surface area contributed by atoms with Gasteiger partial charge >= 0.3 is 0 Å². The van der Waals surface area contributed by atoms with E-state index in [0.29, 0.717) is 0 Å². The minimum atomic E-state index is -0.536. The lowest BCUT2D eigenvalue weighted by atomic mass is 9.92. The summed E-state index contributed by atoms with van der Waals surface area (Å²) < 4.78 is 16.7. The molecule has 1 rings (SSSR count). The summed E-state index contributed by atoms with van der Waals surface area (Å²) in [5, 5.41) is 10.0. The summed E-state index contributed by atoms with van der Waals surface area (Å²) in [6.07, 6.45) is -0.125. The Morgan fingerprint density at radius 2 is 2.00 bits per heavy atom. The van der Waals surface area contributed by atoms with Crippen LogP contribution in [0, 0.1) is 0 Å². The maximum absolute atomic E-state index is 10.0. The fourth-order valence-electron chi connectivity index (χ4n) is 2.00. The zero-order valence-corrected chi connectivity index (χ0v) is 10.8. The number of rotatable bonds is 5. The van der Waals surface area contributed by atoms with Gasteiger partial charge in [-0.2, -0.15) is 0 Å². The molecule has 94 valence electrons. The Bertz CT molecular complexity index is 214. The summed E-state index contributed by atoms with van der Waals surface area (Å²) in [6, 6.07) is -0.0635. The van der Waals surface area contributed by atoms with E-state index in [1.807, 2.05) is 28.6 Å². The molecule has 1 fully saturated rings. The molecule has 6 atom stereocenters. The zero-order chi connectivity index (χ0) is 12.3. The van der Waals surface area contributed by atoms with Crippen molar-refractivity contribution in [3.05, 3.63) is 0 Å². The van der Waals surface area contributed by atoms with Crippen molar-refractivity contribution < 1.29 is 19.3 Å². The summed E-state index contributed by atoms with van der Waals surface area (Å²) in [7, 11) is 3.60. The molecule has 1 saturated heterocycles. The van der Waals surface area contributed by atoms with Gasteiger partial charge in [0.05, 0.1) is 24.3 Å². The average molecular weight is 230 g/mol. The molecule has 1 aliphatic heterocycles. The van der Waals surface area contributed by atoms with Gasteiger partial charge in [-0.3, -0.25) is 0 Å². The first-order valence-corrected chi connectivity index (χ1v) is 6.03. The second-order valence-electron chi connectivity index (χ2n) is 4.53. The molecule has 5 heteroatoms. The highest BCUT2D eigenvalue weighted by molar-refractivity contribution is 6.11. The molecular weight excluding hydrogens is 207 g/mol. The van der Waals surface area contributed by atoms with Crippen LogP contribution in [0.25, 0.3) is 0 Å². The van der Waals surface area contributed by atoms with Crippen molar-refractivity contribution in [3.63, 3.8) is 0 Å². The van der Waals surface area contributed by atoms with Crippen molar-refractivity contribution in [1.82, 2.24) is 0 Å². The van der Waals surface area contributed by atoms with E-state index in [-0.39, 0.29) is 30.4 Å². The van der Waals surface area contributed by atoms with Crippen molar-refractivity contribution >= 4 is 7.85 Å². The summed E-state index contributed by atoms with van der Waals surface area (Å²) in [6.45, 7) is 5.91. The molecule has 0 amide bonds. The molecule has 0 spiro atoms. The smallest absolute Gasteiger partial charge is 0.142 e. The van der Waals surface area contributed by atoms with Gasteiger partial charge in [-0.25, -0.2) is 0 Å². The second-order valence-corrected chi connectivity index (χ2v) is 4.53. The molecule has 0 aromatic carbocycles. The molecule has 0 aromatic heterocycles. The molecule has 0 aromatic rings.